The summed E-state index contributed by atoms with van der Waals surface area (Å²) in [4.78, 5) is 14.8. The first-order valence-electron chi connectivity index (χ1n) is 9.76. The maximum Gasteiger partial charge on any atom is 0.416 e. The molecule has 0 saturated heterocycles. The van der Waals surface area contributed by atoms with Gasteiger partial charge in [-0.1, -0.05) is 45.0 Å². The number of methoxy groups -OCH3 is 1. The van der Waals surface area contributed by atoms with Crippen LogP contribution in [0.4, 0.5) is 18.9 Å². The van der Waals surface area contributed by atoms with Crippen molar-refractivity contribution in [3.05, 3.63) is 76.6 Å². The molecule has 1 unspecified atom stereocenters. The van der Waals surface area contributed by atoms with Crippen molar-refractivity contribution < 1.29 is 22.7 Å². The number of ether oxygens (including phenoxy) is 1. The number of para-hydroxylation sites is 1. The highest BCUT2D eigenvalue weighted by molar-refractivity contribution is 6.11. The summed E-state index contributed by atoms with van der Waals surface area (Å²) >= 11 is 0. The van der Waals surface area contributed by atoms with E-state index in [0.717, 1.165) is 12.1 Å². The average molecular weight is 429 g/mol. The lowest BCUT2D eigenvalue weighted by atomic mass is 9.85. The molecule has 0 aliphatic carbocycles. The second kappa shape index (κ2) is 7.14. The molecule has 1 aliphatic heterocycles. The molecule has 1 aliphatic rings. The molecule has 2 heterocycles. The van der Waals surface area contributed by atoms with Gasteiger partial charge in [-0.15, -0.1) is 0 Å². The summed E-state index contributed by atoms with van der Waals surface area (Å²) in [5.74, 6) is 0.0967. The van der Waals surface area contributed by atoms with Crippen LogP contribution in [-0.2, 0) is 11.6 Å². The lowest BCUT2D eigenvalue weighted by Gasteiger charge is -2.29. The summed E-state index contributed by atoms with van der Waals surface area (Å²) in [6.45, 7) is 5.92. The van der Waals surface area contributed by atoms with E-state index >= 15 is 0 Å². The maximum absolute atomic E-state index is 13.4. The van der Waals surface area contributed by atoms with E-state index < -0.39 is 29.1 Å². The van der Waals surface area contributed by atoms with Crippen LogP contribution in [0.2, 0.25) is 0 Å². The molecule has 0 radical (unpaired) electrons. The van der Waals surface area contributed by atoms with E-state index in [1.54, 1.807) is 12.1 Å². The number of carbonyl (C=O) groups is 1. The van der Waals surface area contributed by atoms with Gasteiger partial charge in [0.2, 0.25) is 0 Å². The molecule has 1 aromatic heterocycles. The highest BCUT2D eigenvalue weighted by atomic mass is 19.4. The van der Waals surface area contributed by atoms with E-state index in [9.17, 15) is 18.0 Å². The van der Waals surface area contributed by atoms with E-state index in [1.165, 1.54) is 24.1 Å². The quantitative estimate of drug-likeness (QED) is 0.599. The number of nitrogens with one attached hydrogen (secondary N) is 1. The number of halogens is 3. The van der Waals surface area contributed by atoms with Crippen molar-refractivity contribution in [1.29, 1.82) is 0 Å². The number of rotatable bonds is 3. The van der Waals surface area contributed by atoms with Gasteiger partial charge in [0.1, 0.15) is 11.4 Å². The molecule has 8 heteroatoms. The molecule has 1 N–H and O–H groups in total. The number of hydrogen-bond donors (Lipinski definition) is 1. The van der Waals surface area contributed by atoms with Crippen LogP contribution in [0.5, 0.6) is 5.75 Å². The molecule has 5 nitrogen and oxygen atoms in total. The Balaban J connectivity index is 1.97. The Morgan fingerprint density at radius 2 is 1.77 bits per heavy atom. The standard InChI is InChI=1S/C23H22F3N3O2/c1-22(2,3)20-17-18(27-28-20)21(30)29(14-9-7-8-13(12-14)23(24,25)26)19(17)15-10-5-6-11-16(15)31-4/h5-12,19H,1-4H3,(H,27,28). The largest absolute Gasteiger partial charge is 0.496 e. The van der Waals surface area contributed by atoms with Crippen LogP contribution in [0.1, 0.15) is 59.7 Å². The van der Waals surface area contributed by atoms with Gasteiger partial charge in [-0.2, -0.15) is 18.3 Å². The van der Waals surface area contributed by atoms with Gasteiger partial charge >= 0.3 is 6.18 Å². The Morgan fingerprint density at radius 1 is 1.06 bits per heavy atom. The maximum atomic E-state index is 13.4. The third kappa shape index (κ3) is 3.45. The minimum Gasteiger partial charge on any atom is -0.496 e. The number of aromatic nitrogens is 2. The molecule has 31 heavy (non-hydrogen) atoms. The number of nitrogens with zero attached hydrogens (tertiary/aromatic N) is 2. The minimum atomic E-state index is -4.52. The second-order valence-corrected chi connectivity index (χ2v) is 8.48. The van der Waals surface area contributed by atoms with Crippen molar-refractivity contribution in [2.45, 2.75) is 38.4 Å². The topological polar surface area (TPSA) is 58.2 Å². The van der Waals surface area contributed by atoms with Gasteiger partial charge in [0.15, 0.2) is 0 Å². The average Bonchev–Trinajstić information content (AvgIpc) is 3.26. The first-order chi connectivity index (χ1) is 14.5. The van der Waals surface area contributed by atoms with Crippen LogP contribution < -0.4 is 9.64 Å². The third-order valence-electron chi connectivity index (χ3n) is 5.36. The zero-order chi connectivity index (χ0) is 22.6. The Kier molecular flexibility index (Phi) is 4.83. The minimum absolute atomic E-state index is 0.153. The number of H-pyrrole nitrogens is 1. The van der Waals surface area contributed by atoms with Crippen molar-refractivity contribution in [2.24, 2.45) is 0 Å². The van der Waals surface area contributed by atoms with Crippen molar-refractivity contribution >= 4 is 11.6 Å². The third-order valence-corrected chi connectivity index (χ3v) is 5.36. The Morgan fingerprint density at radius 3 is 2.42 bits per heavy atom. The SMILES string of the molecule is COc1ccccc1C1c2c(C(C)(C)C)n[nH]c2C(=O)N1c1cccc(C(F)(F)F)c1. The van der Waals surface area contributed by atoms with Crippen LogP contribution >= 0.6 is 0 Å². The number of benzene rings is 2. The lowest BCUT2D eigenvalue weighted by Crippen LogP contribution is -2.30. The summed E-state index contributed by atoms with van der Waals surface area (Å²) in [5.41, 5.74) is 1.22. The number of fused-ring (bicyclic) bond motifs is 1. The molecular weight excluding hydrogens is 407 g/mol. The Hall–Kier alpha value is -3.29. The van der Waals surface area contributed by atoms with Crippen LogP contribution in [0.15, 0.2) is 48.5 Å². The first kappa shape index (κ1) is 21.0. The normalized spacial score (nSPS) is 16.5. The van der Waals surface area contributed by atoms with Crippen LogP contribution in [0.25, 0.3) is 0 Å². The number of alkyl halides is 3. The Bertz CT molecular complexity index is 1150. The fourth-order valence-electron chi connectivity index (χ4n) is 4.00. The fourth-order valence-corrected chi connectivity index (χ4v) is 4.00. The molecule has 0 fully saturated rings. The predicted molar refractivity (Wildman–Crippen MR) is 110 cm³/mol. The predicted octanol–water partition coefficient (Wildman–Crippen LogP) is 5.48. The highest BCUT2D eigenvalue weighted by Crippen LogP contribution is 2.47. The highest BCUT2D eigenvalue weighted by Gasteiger charge is 2.46. The van der Waals surface area contributed by atoms with Crippen molar-refractivity contribution in [1.82, 2.24) is 10.2 Å². The van der Waals surface area contributed by atoms with Crippen LogP contribution in [0, 0.1) is 0 Å². The summed E-state index contributed by atoms with van der Waals surface area (Å²) in [6, 6.07) is 11.3. The molecule has 4 rings (SSSR count). The van der Waals surface area contributed by atoms with Gasteiger partial charge in [-0.05, 0) is 24.3 Å². The molecule has 0 saturated carbocycles. The molecular formula is C23H22F3N3O2. The van der Waals surface area contributed by atoms with E-state index in [0.29, 0.717) is 22.6 Å². The number of hydrogen-bond acceptors (Lipinski definition) is 3. The van der Waals surface area contributed by atoms with E-state index in [2.05, 4.69) is 10.2 Å². The first-order valence-corrected chi connectivity index (χ1v) is 9.76. The van der Waals surface area contributed by atoms with Crippen LogP contribution in [-0.4, -0.2) is 23.2 Å². The number of carbonyl (C=O) groups excluding carboxylic acids is 1. The van der Waals surface area contributed by atoms with Gasteiger partial charge in [0.05, 0.1) is 24.4 Å². The van der Waals surface area contributed by atoms with Gasteiger partial charge < -0.3 is 4.74 Å². The molecule has 162 valence electrons. The summed E-state index contributed by atoms with van der Waals surface area (Å²) in [5, 5.41) is 7.20. The molecule has 3 aromatic rings. The molecule has 0 spiro atoms. The van der Waals surface area contributed by atoms with Gasteiger partial charge in [-0.25, -0.2) is 0 Å². The van der Waals surface area contributed by atoms with Gasteiger partial charge in [0.25, 0.3) is 5.91 Å². The number of amides is 1. The van der Waals surface area contributed by atoms with E-state index in [-0.39, 0.29) is 11.4 Å². The lowest BCUT2D eigenvalue weighted by molar-refractivity contribution is -0.137. The summed E-state index contributed by atoms with van der Waals surface area (Å²) < 4.78 is 45.6. The fraction of sp³-hybridized carbons (Fsp3) is 0.304. The summed E-state index contributed by atoms with van der Waals surface area (Å²) in [7, 11) is 1.52. The van der Waals surface area contributed by atoms with Crippen molar-refractivity contribution in [3.8, 4) is 5.75 Å². The number of aromatic amines is 1. The smallest absolute Gasteiger partial charge is 0.416 e. The zero-order valence-corrected chi connectivity index (χ0v) is 17.5. The Labute approximate surface area is 177 Å². The number of anilines is 1. The van der Waals surface area contributed by atoms with Gasteiger partial charge in [-0.3, -0.25) is 14.8 Å². The van der Waals surface area contributed by atoms with E-state index in [1.807, 2.05) is 32.9 Å². The van der Waals surface area contributed by atoms with Crippen molar-refractivity contribution in [3.63, 3.8) is 0 Å². The van der Waals surface area contributed by atoms with Crippen LogP contribution in [0.3, 0.4) is 0 Å². The molecule has 2 aromatic carbocycles. The molecule has 1 atom stereocenters. The van der Waals surface area contributed by atoms with Crippen molar-refractivity contribution in [2.75, 3.05) is 12.0 Å². The van der Waals surface area contributed by atoms with Gasteiger partial charge in [0, 0.05) is 22.2 Å². The van der Waals surface area contributed by atoms with E-state index in [4.69, 9.17) is 4.74 Å². The monoisotopic (exact) mass is 429 g/mol. The molecule has 0 bridgehead atoms. The zero-order valence-electron chi connectivity index (χ0n) is 17.5. The second-order valence-electron chi connectivity index (χ2n) is 8.48. The summed E-state index contributed by atoms with van der Waals surface area (Å²) in [6.07, 6.45) is -4.52. The molecule has 1 amide bonds.